The molecule has 1 aliphatic heterocycles. The second-order valence-corrected chi connectivity index (χ2v) is 6.73. The number of aromatic nitrogens is 3. The van der Waals surface area contributed by atoms with E-state index in [1.165, 1.54) is 0 Å². The van der Waals surface area contributed by atoms with Crippen molar-refractivity contribution >= 4 is 22.6 Å². The maximum absolute atomic E-state index is 12.6. The van der Waals surface area contributed by atoms with Crippen molar-refractivity contribution in [2.45, 2.75) is 19.9 Å². The molecule has 1 aromatic carbocycles. The molecule has 0 unspecified atom stereocenters. The first-order valence-corrected chi connectivity index (χ1v) is 8.71. The van der Waals surface area contributed by atoms with Gasteiger partial charge in [-0.2, -0.15) is 15.5 Å². The van der Waals surface area contributed by atoms with Gasteiger partial charge in [0.2, 0.25) is 0 Å². The first-order chi connectivity index (χ1) is 13.0. The molecule has 4 rings (SSSR count). The molecule has 1 fully saturated rings. The molecule has 134 valence electrons. The number of carbonyl (C=O) groups excluding carboxylic acids is 1. The number of aryl methyl sites for hydroxylation is 2. The molecule has 0 bridgehead atoms. The van der Waals surface area contributed by atoms with Gasteiger partial charge in [0.1, 0.15) is 11.9 Å². The van der Waals surface area contributed by atoms with Crippen molar-refractivity contribution in [3.63, 3.8) is 0 Å². The number of carbonyl (C=O) groups is 1. The van der Waals surface area contributed by atoms with Gasteiger partial charge in [-0.15, -0.1) is 0 Å². The van der Waals surface area contributed by atoms with Crippen LogP contribution < -0.4 is 10.2 Å². The van der Waals surface area contributed by atoms with Gasteiger partial charge in [0.05, 0.1) is 22.8 Å². The van der Waals surface area contributed by atoms with E-state index in [0.717, 1.165) is 28.0 Å². The Labute approximate surface area is 156 Å². The number of hydrogen-bond acceptors (Lipinski definition) is 6. The van der Waals surface area contributed by atoms with Gasteiger partial charge in [0.15, 0.2) is 0 Å². The summed E-state index contributed by atoms with van der Waals surface area (Å²) in [6, 6.07) is 11.2. The molecule has 1 aliphatic rings. The molecule has 3 heterocycles. The lowest BCUT2D eigenvalue weighted by atomic mass is 10.0. The first-order valence-electron chi connectivity index (χ1n) is 8.71. The zero-order chi connectivity index (χ0) is 19.0. The summed E-state index contributed by atoms with van der Waals surface area (Å²) in [7, 11) is 0. The molecule has 0 spiro atoms. The zero-order valence-corrected chi connectivity index (χ0v) is 15.1. The molecule has 27 heavy (non-hydrogen) atoms. The minimum atomic E-state index is -0.0943. The number of hydrogen-bond donors (Lipinski definition) is 1. The summed E-state index contributed by atoms with van der Waals surface area (Å²) in [6.07, 6.45) is 1.56. The highest BCUT2D eigenvalue weighted by molar-refractivity contribution is 5.98. The fraction of sp³-hybridized carbons (Fsp3) is 0.250. The van der Waals surface area contributed by atoms with Crippen molar-refractivity contribution in [1.29, 1.82) is 5.26 Å². The third-order valence-electron chi connectivity index (χ3n) is 4.93. The number of nitrogens with zero attached hydrogens (tertiary/aromatic N) is 5. The van der Waals surface area contributed by atoms with E-state index in [4.69, 9.17) is 5.26 Å². The monoisotopic (exact) mass is 358 g/mol. The van der Waals surface area contributed by atoms with Crippen molar-refractivity contribution in [3.05, 3.63) is 58.9 Å². The molecular formula is C20H18N6O. The maximum Gasteiger partial charge on any atom is 0.251 e. The van der Waals surface area contributed by atoms with Gasteiger partial charge in [0.25, 0.3) is 5.91 Å². The summed E-state index contributed by atoms with van der Waals surface area (Å²) in [4.78, 5) is 18.9. The average Bonchev–Trinajstić information content (AvgIpc) is 2.67. The standard InChI is InChI=1S/C20H18N6O/c1-12-13(2)24-25-18-5-4-15(7-17(12)18)20(27)23-16-10-26(11-16)19-6-3-14(8-21)9-22-19/h3-7,9,16H,10-11H2,1-2H3,(H,23,27). The Hall–Kier alpha value is -3.53. The van der Waals surface area contributed by atoms with Crippen molar-refractivity contribution in [2.75, 3.05) is 18.0 Å². The molecule has 0 radical (unpaired) electrons. The number of anilines is 1. The second-order valence-electron chi connectivity index (χ2n) is 6.73. The van der Waals surface area contributed by atoms with Gasteiger partial charge < -0.3 is 10.2 Å². The van der Waals surface area contributed by atoms with Gasteiger partial charge in [-0.25, -0.2) is 4.98 Å². The highest BCUT2D eigenvalue weighted by Crippen LogP contribution is 2.21. The van der Waals surface area contributed by atoms with E-state index in [2.05, 4.69) is 31.5 Å². The number of rotatable bonds is 3. The molecule has 1 amide bonds. The van der Waals surface area contributed by atoms with E-state index >= 15 is 0 Å². The van der Waals surface area contributed by atoms with Crippen LogP contribution in [0.5, 0.6) is 0 Å². The highest BCUT2D eigenvalue weighted by atomic mass is 16.1. The van der Waals surface area contributed by atoms with Gasteiger partial charge in [0, 0.05) is 30.2 Å². The van der Waals surface area contributed by atoms with Crippen LogP contribution >= 0.6 is 0 Å². The number of benzene rings is 1. The Kier molecular flexibility index (Phi) is 4.16. The van der Waals surface area contributed by atoms with Crippen LogP contribution in [0.4, 0.5) is 5.82 Å². The summed E-state index contributed by atoms with van der Waals surface area (Å²) in [5.41, 5.74) is 3.85. The van der Waals surface area contributed by atoms with Crippen LogP contribution in [0.3, 0.4) is 0 Å². The van der Waals surface area contributed by atoms with E-state index in [9.17, 15) is 4.79 Å². The number of nitriles is 1. The van der Waals surface area contributed by atoms with Gasteiger partial charge >= 0.3 is 0 Å². The van der Waals surface area contributed by atoms with Crippen LogP contribution in [0.1, 0.15) is 27.2 Å². The van der Waals surface area contributed by atoms with E-state index in [-0.39, 0.29) is 11.9 Å². The van der Waals surface area contributed by atoms with Gasteiger partial charge in [-0.3, -0.25) is 4.79 Å². The van der Waals surface area contributed by atoms with Crippen LogP contribution in [-0.4, -0.2) is 40.2 Å². The van der Waals surface area contributed by atoms with Crippen LogP contribution in [0.2, 0.25) is 0 Å². The van der Waals surface area contributed by atoms with Crippen molar-refractivity contribution < 1.29 is 4.79 Å². The predicted octanol–water partition coefficient (Wildman–Crippen LogP) is 2.13. The van der Waals surface area contributed by atoms with E-state index in [1.54, 1.807) is 18.3 Å². The van der Waals surface area contributed by atoms with Gasteiger partial charge in [-0.1, -0.05) is 0 Å². The Morgan fingerprint density at radius 3 is 2.74 bits per heavy atom. The van der Waals surface area contributed by atoms with Crippen LogP contribution in [0, 0.1) is 25.2 Å². The quantitative estimate of drug-likeness (QED) is 0.771. The molecular weight excluding hydrogens is 340 g/mol. The van der Waals surface area contributed by atoms with Crippen molar-refractivity contribution in [3.8, 4) is 6.07 Å². The maximum atomic E-state index is 12.6. The molecule has 3 aromatic rings. The fourth-order valence-corrected chi connectivity index (χ4v) is 3.13. The third-order valence-corrected chi connectivity index (χ3v) is 4.93. The minimum absolute atomic E-state index is 0.0732. The Morgan fingerprint density at radius 2 is 2.04 bits per heavy atom. The normalized spacial score (nSPS) is 13.9. The van der Waals surface area contributed by atoms with Gasteiger partial charge in [-0.05, 0) is 49.7 Å². The molecule has 7 heteroatoms. The van der Waals surface area contributed by atoms with E-state index < -0.39 is 0 Å². The molecule has 1 N–H and O–H groups in total. The van der Waals surface area contributed by atoms with Crippen LogP contribution in [0.15, 0.2) is 36.5 Å². The second kappa shape index (κ2) is 6.65. The molecule has 2 aromatic heterocycles. The third kappa shape index (κ3) is 3.17. The zero-order valence-electron chi connectivity index (χ0n) is 15.1. The summed E-state index contributed by atoms with van der Waals surface area (Å²) < 4.78 is 0. The molecule has 7 nitrogen and oxygen atoms in total. The van der Waals surface area contributed by atoms with Crippen LogP contribution in [-0.2, 0) is 0 Å². The summed E-state index contributed by atoms with van der Waals surface area (Å²) in [5.74, 6) is 0.720. The minimum Gasteiger partial charge on any atom is -0.352 e. The lowest BCUT2D eigenvalue weighted by Crippen LogP contribution is -2.59. The topological polar surface area (TPSA) is 94.8 Å². The largest absolute Gasteiger partial charge is 0.352 e. The Morgan fingerprint density at radius 1 is 1.22 bits per heavy atom. The highest BCUT2D eigenvalue weighted by Gasteiger charge is 2.29. The molecule has 0 aliphatic carbocycles. The molecule has 0 atom stereocenters. The fourth-order valence-electron chi connectivity index (χ4n) is 3.13. The number of amides is 1. The molecule has 1 saturated heterocycles. The Balaban J connectivity index is 1.42. The van der Waals surface area contributed by atoms with Crippen LogP contribution in [0.25, 0.3) is 10.9 Å². The number of fused-ring (bicyclic) bond motifs is 1. The summed E-state index contributed by atoms with van der Waals surface area (Å²) in [5, 5.41) is 21.1. The SMILES string of the molecule is Cc1nnc2ccc(C(=O)NC3CN(c4ccc(C#N)cn4)C3)cc2c1C. The summed E-state index contributed by atoms with van der Waals surface area (Å²) in [6.45, 7) is 5.29. The lowest BCUT2D eigenvalue weighted by Gasteiger charge is -2.40. The van der Waals surface area contributed by atoms with E-state index in [1.807, 2.05) is 32.0 Å². The smallest absolute Gasteiger partial charge is 0.251 e. The molecule has 0 saturated carbocycles. The van der Waals surface area contributed by atoms with Crippen molar-refractivity contribution in [2.24, 2.45) is 0 Å². The Bertz CT molecular complexity index is 1060. The number of nitrogens with one attached hydrogen (secondary N) is 1. The summed E-state index contributed by atoms with van der Waals surface area (Å²) >= 11 is 0. The van der Waals surface area contributed by atoms with Crippen molar-refractivity contribution in [1.82, 2.24) is 20.5 Å². The lowest BCUT2D eigenvalue weighted by molar-refractivity contribution is 0.0930. The average molecular weight is 358 g/mol. The number of pyridine rings is 1. The predicted molar refractivity (Wildman–Crippen MR) is 101 cm³/mol. The van der Waals surface area contributed by atoms with E-state index in [0.29, 0.717) is 24.2 Å². The first kappa shape index (κ1) is 16.9.